The van der Waals surface area contributed by atoms with Gasteiger partial charge in [-0.05, 0) is 37.1 Å². The summed E-state index contributed by atoms with van der Waals surface area (Å²) in [5.41, 5.74) is 3.24. The molecule has 1 amide bonds. The Balaban J connectivity index is 1.43. The van der Waals surface area contributed by atoms with Crippen molar-refractivity contribution in [3.63, 3.8) is 0 Å². The Labute approximate surface area is 163 Å². The maximum Gasteiger partial charge on any atom is 0.289 e. The van der Waals surface area contributed by atoms with Gasteiger partial charge in [-0.15, -0.1) is 5.10 Å². The number of aryl methyl sites for hydroxylation is 2. The monoisotopic (exact) mass is 378 g/mol. The van der Waals surface area contributed by atoms with Gasteiger partial charge in [-0.1, -0.05) is 18.2 Å². The highest BCUT2D eigenvalue weighted by Gasteiger charge is 2.24. The molecule has 8 nitrogen and oxygen atoms in total. The molecule has 3 heterocycles. The molecule has 3 aromatic rings. The minimum atomic E-state index is -0.0807. The van der Waals surface area contributed by atoms with Crippen molar-refractivity contribution in [2.24, 2.45) is 0 Å². The third-order valence-corrected chi connectivity index (χ3v) is 4.89. The van der Waals surface area contributed by atoms with E-state index in [2.05, 4.69) is 25.4 Å². The largest absolute Gasteiger partial charge is 0.459 e. The van der Waals surface area contributed by atoms with Crippen molar-refractivity contribution in [3.8, 4) is 0 Å². The van der Waals surface area contributed by atoms with E-state index < -0.39 is 0 Å². The molecular weight excluding hydrogens is 356 g/mol. The molecule has 1 aromatic carbocycles. The molecule has 144 valence electrons. The number of nitrogens with one attached hydrogen (secondary N) is 1. The number of rotatable bonds is 4. The number of hydrogen-bond donors (Lipinski definition) is 1. The molecule has 0 atom stereocenters. The van der Waals surface area contributed by atoms with Crippen LogP contribution in [0.2, 0.25) is 0 Å². The molecule has 4 rings (SSSR count). The smallest absolute Gasteiger partial charge is 0.289 e. The van der Waals surface area contributed by atoms with E-state index in [1.165, 1.54) is 6.26 Å². The predicted molar refractivity (Wildman–Crippen MR) is 106 cm³/mol. The molecule has 1 saturated heterocycles. The normalized spacial score (nSPS) is 14.2. The lowest BCUT2D eigenvalue weighted by atomic mass is 10.1. The standard InChI is InChI=1S/C20H22N6O2/c1-14-5-3-6-15(2)18(14)23-20-22-17(13-21-24-20)25-8-10-26(11-9-25)19(27)16-7-4-12-28-16/h3-7,12-13H,8-11H2,1-2H3,(H,22,23,24). The van der Waals surface area contributed by atoms with E-state index in [-0.39, 0.29) is 5.91 Å². The first kappa shape index (κ1) is 18.0. The molecular formula is C20H22N6O2. The Morgan fingerprint density at radius 2 is 1.82 bits per heavy atom. The Morgan fingerprint density at radius 1 is 1.07 bits per heavy atom. The van der Waals surface area contributed by atoms with Gasteiger partial charge in [-0.3, -0.25) is 4.79 Å². The molecule has 0 aliphatic carbocycles. The minimum Gasteiger partial charge on any atom is -0.459 e. The van der Waals surface area contributed by atoms with Gasteiger partial charge < -0.3 is 19.5 Å². The van der Waals surface area contributed by atoms with Gasteiger partial charge in [-0.2, -0.15) is 10.1 Å². The van der Waals surface area contributed by atoms with Crippen molar-refractivity contribution in [1.29, 1.82) is 0 Å². The fourth-order valence-electron chi connectivity index (χ4n) is 3.32. The third kappa shape index (κ3) is 3.66. The third-order valence-electron chi connectivity index (χ3n) is 4.89. The van der Waals surface area contributed by atoms with Crippen molar-refractivity contribution in [1.82, 2.24) is 20.1 Å². The first-order chi connectivity index (χ1) is 13.6. The highest BCUT2D eigenvalue weighted by Crippen LogP contribution is 2.23. The van der Waals surface area contributed by atoms with E-state index in [1.54, 1.807) is 23.2 Å². The van der Waals surface area contributed by atoms with Crippen LogP contribution in [0.15, 0.2) is 47.2 Å². The van der Waals surface area contributed by atoms with Crippen molar-refractivity contribution in [3.05, 3.63) is 59.7 Å². The molecule has 1 fully saturated rings. The average Bonchev–Trinajstić information content (AvgIpc) is 3.26. The topological polar surface area (TPSA) is 87.4 Å². The van der Waals surface area contributed by atoms with Gasteiger partial charge in [0.25, 0.3) is 5.91 Å². The maximum absolute atomic E-state index is 12.4. The molecule has 0 unspecified atom stereocenters. The first-order valence-electron chi connectivity index (χ1n) is 9.22. The highest BCUT2D eigenvalue weighted by atomic mass is 16.3. The van der Waals surface area contributed by atoms with E-state index in [9.17, 15) is 4.79 Å². The van der Waals surface area contributed by atoms with Crippen LogP contribution in [0.4, 0.5) is 17.5 Å². The number of carbonyl (C=O) groups is 1. The molecule has 0 saturated carbocycles. The predicted octanol–water partition coefficient (Wildman–Crippen LogP) is 2.79. The Bertz CT molecular complexity index is 944. The molecule has 1 N–H and O–H groups in total. The molecule has 0 spiro atoms. The quantitative estimate of drug-likeness (QED) is 0.747. The zero-order valence-corrected chi connectivity index (χ0v) is 15.9. The summed E-state index contributed by atoms with van der Waals surface area (Å²) in [5.74, 6) is 1.50. The molecule has 1 aliphatic rings. The lowest BCUT2D eigenvalue weighted by Crippen LogP contribution is -2.49. The maximum atomic E-state index is 12.4. The number of piperazine rings is 1. The van der Waals surface area contributed by atoms with Crippen LogP contribution in [0.25, 0.3) is 0 Å². The molecule has 0 radical (unpaired) electrons. The Kier molecular flexibility index (Phi) is 4.92. The minimum absolute atomic E-state index is 0.0807. The summed E-state index contributed by atoms with van der Waals surface area (Å²) < 4.78 is 5.21. The fourth-order valence-corrected chi connectivity index (χ4v) is 3.32. The lowest BCUT2D eigenvalue weighted by Gasteiger charge is -2.34. The van der Waals surface area contributed by atoms with E-state index in [0.29, 0.717) is 37.9 Å². The zero-order valence-electron chi connectivity index (χ0n) is 15.9. The number of furan rings is 1. The summed E-state index contributed by atoms with van der Waals surface area (Å²) in [6.45, 7) is 6.64. The Morgan fingerprint density at radius 3 is 2.50 bits per heavy atom. The van der Waals surface area contributed by atoms with Crippen molar-refractivity contribution >= 4 is 23.4 Å². The number of para-hydroxylation sites is 1. The van der Waals surface area contributed by atoms with Crippen molar-refractivity contribution < 1.29 is 9.21 Å². The second-order valence-electron chi connectivity index (χ2n) is 6.79. The van der Waals surface area contributed by atoms with Gasteiger partial charge in [0.1, 0.15) is 0 Å². The van der Waals surface area contributed by atoms with Crippen LogP contribution in [-0.2, 0) is 0 Å². The van der Waals surface area contributed by atoms with Gasteiger partial charge in [0.15, 0.2) is 11.6 Å². The number of hydrogen-bond acceptors (Lipinski definition) is 7. The lowest BCUT2D eigenvalue weighted by molar-refractivity contribution is 0.0714. The number of benzene rings is 1. The average molecular weight is 378 g/mol. The van der Waals surface area contributed by atoms with E-state index >= 15 is 0 Å². The summed E-state index contributed by atoms with van der Waals surface area (Å²) in [5, 5.41) is 11.5. The van der Waals surface area contributed by atoms with Gasteiger partial charge >= 0.3 is 0 Å². The van der Waals surface area contributed by atoms with Crippen molar-refractivity contribution in [2.75, 3.05) is 36.4 Å². The molecule has 28 heavy (non-hydrogen) atoms. The summed E-state index contributed by atoms with van der Waals surface area (Å²) in [6, 6.07) is 9.52. The molecule has 2 aromatic heterocycles. The highest BCUT2D eigenvalue weighted by molar-refractivity contribution is 5.91. The number of aromatic nitrogens is 3. The first-order valence-corrected chi connectivity index (χ1v) is 9.22. The number of amides is 1. The number of nitrogens with zero attached hydrogens (tertiary/aromatic N) is 5. The van der Waals surface area contributed by atoms with E-state index in [4.69, 9.17) is 4.42 Å². The Hall–Kier alpha value is -3.42. The van der Waals surface area contributed by atoms with Crippen LogP contribution in [0.5, 0.6) is 0 Å². The van der Waals surface area contributed by atoms with Crippen LogP contribution in [0.3, 0.4) is 0 Å². The van der Waals surface area contributed by atoms with E-state index in [0.717, 1.165) is 22.6 Å². The second kappa shape index (κ2) is 7.67. The fraction of sp³-hybridized carbons (Fsp3) is 0.300. The second-order valence-corrected chi connectivity index (χ2v) is 6.79. The zero-order chi connectivity index (χ0) is 19.5. The van der Waals surface area contributed by atoms with Gasteiger partial charge in [0.2, 0.25) is 5.95 Å². The van der Waals surface area contributed by atoms with Gasteiger partial charge in [-0.25, -0.2) is 0 Å². The van der Waals surface area contributed by atoms with E-state index in [1.807, 2.05) is 32.0 Å². The van der Waals surface area contributed by atoms with Crippen LogP contribution in [-0.4, -0.2) is 52.2 Å². The summed E-state index contributed by atoms with van der Waals surface area (Å²) >= 11 is 0. The number of carbonyl (C=O) groups excluding carboxylic acids is 1. The van der Waals surface area contributed by atoms with Crippen LogP contribution < -0.4 is 10.2 Å². The number of anilines is 3. The summed E-state index contributed by atoms with van der Waals surface area (Å²) in [7, 11) is 0. The van der Waals surface area contributed by atoms with Crippen molar-refractivity contribution in [2.45, 2.75) is 13.8 Å². The molecule has 0 bridgehead atoms. The molecule has 8 heteroatoms. The summed E-state index contributed by atoms with van der Waals surface area (Å²) in [4.78, 5) is 20.9. The van der Waals surface area contributed by atoms with Crippen LogP contribution >= 0.6 is 0 Å². The van der Waals surface area contributed by atoms with Gasteiger partial charge in [0, 0.05) is 31.9 Å². The van der Waals surface area contributed by atoms with Crippen LogP contribution in [0.1, 0.15) is 21.7 Å². The SMILES string of the molecule is Cc1cccc(C)c1Nc1nncc(N2CCN(C(=O)c3ccco3)CC2)n1. The van der Waals surface area contributed by atoms with Crippen LogP contribution in [0, 0.1) is 13.8 Å². The van der Waals surface area contributed by atoms with Gasteiger partial charge in [0.05, 0.1) is 12.5 Å². The molecule has 1 aliphatic heterocycles. The summed E-state index contributed by atoms with van der Waals surface area (Å²) in [6.07, 6.45) is 3.17.